The van der Waals surface area contributed by atoms with Crippen molar-refractivity contribution in [1.82, 2.24) is 15.1 Å². The maximum Gasteiger partial charge on any atom is 0.0223 e. The van der Waals surface area contributed by atoms with Crippen molar-refractivity contribution < 1.29 is 0 Å². The summed E-state index contributed by atoms with van der Waals surface area (Å²) in [6.07, 6.45) is 4.09. The minimum absolute atomic E-state index is 0.761. The molecule has 3 heteroatoms. The summed E-state index contributed by atoms with van der Waals surface area (Å²) >= 11 is 0. The number of nitrogens with zero attached hydrogens (tertiary/aromatic N) is 2. The Bertz CT molecular complexity index is 224. The van der Waals surface area contributed by atoms with Crippen LogP contribution in [-0.4, -0.2) is 61.7 Å². The van der Waals surface area contributed by atoms with Crippen molar-refractivity contribution in [2.45, 2.75) is 45.2 Å². The van der Waals surface area contributed by atoms with E-state index in [2.05, 4.69) is 36.0 Å². The molecule has 0 amide bonds. The van der Waals surface area contributed by atoms with Crippen molar-refractivity contribution in [2.24, 2.45) is 5.92 Å². The topological polar surface area (TPSA) is 18.5 Å². The number of likely N-dealkylation sites (tertiary alicyclic amines) is 1. The normalized spacial score (nSPS) is 33.2. The van der Waals surface area contributed by atoms with E-state index in [1.54, 1.807) is 0 Å². The van der Waals surface area contributed by atoms with Gasteiger partial charge in [-0.05, 0) is 58.4 Å². The van der Waals surface area contributed by atoms with Gasteiger partial charge in [-0.3, -0.25) is 4.90 Å². The highest BCUT2D eigenvalue weighted by Crippen LogP contribution is 2.21. The Balaban J connectivity index is 1.81. The van der Waals surface area contributed by atoms with Gasteiger partial charge in [0.05, 0.1) is 0 Å². The summed E-state index contributed by atoms with van der Waals surface area (Å²) in [4.78, 5) is 5.24. The number of hydrogen-bond donors (Lipinski definition) is 1. The predicted octanol–water partition coefficient (Wildman–Crippen LogP) is 1.40. The Morgan fingerprint density at radius 3 is 2.47 bits per heavy atom. The molecule has 2 aliphatic heterocycles. The van der Waals surface area contributed by atoms with Crippen molar-refractivity contribution in [3.05, 3.63) is 0 Å². The first-order valence-corrected chi connectivity index (χ1v) is 7.35. The molecule has 0 aromatic rings. The Labute approximate surface area is 107 Å². The lowest BCUT2D eigenvalue weighted by Gasteiger charge is -2.42. The van der Waals surface area contributed by atoms with Gasteiger partial charge in [-0.1, -0.05) is 13.8 Å². The first-order valence-electron chi connectivity index (χ1n) is 7.35. The Kier molecular flexibility index (Phi) is 4.83. The van der Waals surface area contributed by atoms with Crippen LogP contribution in [0.1, 0.15) is 33.1 Å². The monoisotopic (exact) mass is 239 g/mol. The van der Waals surface area contributed by atoms with E-state index in [1.165, 1.54) is 52.0 Å². The van der Waals surface area contributed by atoms with Crippen LogP contribution in [0.25, 0.3) is 0 Å². The molecule has 2 heterocycles. The average molecular weight is 239 g/mol. The molecule has 2 fully saturated rings. The number of piperidine rings is 2. The molecule has 0 aromatic heterocycles. The minimum atomic E-state index is 0.761. The molecule has 3 nitrogen and oxygen atoms in total. The second kappa shape index (κ2) is 6.17. The summed E-state index contributed by atoms with van der Waals surface area (Å²) in [6, 6.07) is 1.58. The first kappa shape index (κ1) is 13.3. The van der Waals surface area contributed by atoms with Gasteiger partial charge in [0.1, 0.15) is 0 Å². The highest BCUT2D eigenvalue weighted by Gasteiger charge is 2.28. The molecule has 1 N–H and O–H groups in total. The van der Waals surface area contributed by atoms with E-state index in [0.717, 1.165) is 18.0 Å². The number of nitrogens with one attached hydrogen (secondary N) is 1. The molecule has 100 valence electrons. The number of hydrogen-bond acceptors (Lipinski definition) is 3. The maximum absolute atomic E-state index is 3.57. The molecule has 0 spiro atoms. The van der Waals surface area contributed by atoms with Crippen molar-refractivity contribution in [3.63, 3.8) is 0 Å². The molecule has 2 atom stereocenters. The number of rotatable bonds is 3. The lowest BCUT2D eigenvalue weighted by atomic mass is 9.94. The standard InChI is InChI=1S/C14H29N3/c1-4-17-7-5-13(6-8-17)16(3)14-9-12(2)10-15-11-14/h12-15H,4-11H2,1-3H3. The van der Waals surface area contributed by atoms with Crippen molar-refractivity contribution >= 4 is 0 Å². The van der Waals surface area contributed by atoms with Crippen molar-refractivity contribution in [1.29, 1.82) is 0 Å². The van der Waals surface area contributed by atoms with Crippen LogP contribution in [-0.2, 0) is 0 Å². The fourth-order valence-corrected chi connectivity index (χ4v) is 3.38. The quantitative estimate of drug-likeness (QED) is 0.803. The third-order valence-corrected chi connectivity index (χ3v) is 4.70. The summed E-state index contributed by atoms with van der Waals surface area (Å²) in [5, 5.41) is 3.57. The molecule has 0 aliphatic carbocycles. The highest BCUT2D eigenvalue weighted by atomic mass is 15.2. The molecule has 2 rings (SSSR count). The van der Waals surface area contributed by atoms with Crippen LogP contribution in [0.2, 0.25) is 0 Å². The summed E-state index contributed by atoms with van der Waals surface area (Å²) < 4.78 is 0. The van der Waals surface area contributed by atoms with E-state index in [0.29, 0.717) is 0 Å². The molecule has 0 saturated carbocycles. The van der Waals surface area contributed by atoms with Gasteiger partial charge in [0.25, 0.3) is 0 Å². The SMILES string of the molecule is CCN1CCC(N(C)C2CNCC(C)C2)CC1. The maximum atomic E-state index is 3.57. The number of likely N-dealkylation sites (N-methyl/N-ethyl adjacent to an activating group) is 1. The van der Waals surface area contributed by atoms with Gasteiger partial charge in [0.15, 0.2) is 0 Å². The molecule has 17 heavy (non-hydrogen) atoms. The summed E-state index contributed by atoms with van der Waals surface area (Å²) in [5.41, 5.74) is 0. The van der Waals surface area contributed by atoms with Crippen molar-refractivity contribution in [3.8, 4) is 0 Å². The van der Waals surface area contributed by atoms with Crippen LogP contribution >= 0.6 is 0 Å². The van der Waals surface area contributed by atoms with Gasteiger partial charge in [-0.15, -0.1) is 0 Å². The van der Waals surface area contributed by atoms with E-state index in [9.17, 15) is 0 Å². The van der Waals surface area contributed by atoms with Crippen LogP contribution in [0.15, 0.2) is 0 Å². The fraction of sp³-hybridized carbons (Fsp3) is 1.00. The van der Waals surface area contributed by atoms with Gasteiger partial charge in [0, 0.05) is 18.6 Å². The summed E-state index contributed by atoms with van der Waals surface area (Å²) in [7, 11) is 2.34. The average Bonchev–Trinajstić information content (AvgIpc) is 2.38. The molecule has 2 saturated heterocycles. The van der Waals surface area contributed by atoms with Gasteiger partial charge in [0.2, 0.25) is 0 Å². The van der Waals surface area contributed by atoms with Gasteiger partial charge < -0.3 is 10.2 Å². The van der Waals surface area contributed by atoms with E-state index in [4.69, 9.17) is 0 Å². The van der Waals surface area contributed by atoms with E-state index >= 15 is 0 Å². The van der Waals surface area contributed by atoms with Crippen LogP contribution in [0.3, 0.4) is 0 Å². The largest absolute Gasteiger partial charge is 0.315 e. The van der Waals surface area contributed by atoms with Crippen LogP contribution < -0.4 is 5.32 Å². The second-order valence-electron chi connectivity index (χ2n) is 5.98. The predicted molar refractivity (Wildman–Crippen MR) is 73.3 cm³/mol. The Morgan fingerprint density at radius 2 is 1.88 bits per heavy atom. The molecular formula is C14H29N3. The van der Waals surface area contributed by atoms with Crippen LogP contribution in [0, 0.1) is 5.92 Å². The van der Waals surface area contributed by atoms with Crippen LogP contribution in [0.5, 0.6) is 0 Å². The smallest absolute Gasteiger partial charge is 0.0223 e. The molecule has 0 bridgehead atoms. The van der Waals surface area contributed by atoms with E-state index < -0.39 is 0 Å². The molecule has 2 unspecified atom stereocenters. The zero-order chi connectivity index (χ0) is 12.3. The van der Waals surface area contributed by atoms with Crippen molar-refractivity contribution in [2.75, 3.05) is 39.8 Å². The third-order valence-electron chi connectivity index (χ3n) is 4.70. The fourth-order valence-electron chi connectivity index (χ4n) is 3.38. The Hall–Kier alpha value is -0.120. The van der Waals surface area contributed by atoms with E-state index in [-0.39, 0.29) is 0 Å². The molecule has 0 radical (unpaired) electrons. The molecular weight excluding hydrogens is 210 g/mol. The summed E-state index contributed by atoms with van der Waals surface area (Å²) in [5.74, 6) is 0.840. The third kappa shape index (κ3) is 3.43. The summed E-state index contributed by atoms with van der Waals surface area (Å²) in [6.45, 7) is 10.8. The zero-order valence-corrected chi connectivity index (χ0v) is 11.8. The van der Waals surface area contributed by atoms with Gasteiger partial charge in [-0.25, -0.2) is 0 Å². The van der Waals surface area contributed by atoms with Crippen LogP contribution in [0.4, 0.5) is 0 Å². The zero-order valence-electron chi connectivity index (χ0n) is 11.8. The first-order chi connectivity index (χ1) is 8.20. The lowest BCUT2D eigenvalue weighted by Crippen LogP contribution is -2.53. The molecule has 0 aromatic carbocycles. The van der Waals surface area contributed by atoms with Gasteiger partial charge in [-0.2, -0.15) is 0 Å². The minimum Gasteiger partial charge on any atom is -0.315 e. The lowest BCUT2D eigenvalue weighted by molar-refractivity contribution is 0.0784. The molecule has 2 aliphatic rings. The van der Waals surface area contributed by atoms with Gasteiger partial charge >= 0.3 is 0 Å². The second-order valence-corrected chi connectivity index (χ2v) is 5.98. The van der Waals surface area contributed by atoms with E-state index in [1.807, 2.05) is 0 Å². The Morgan fingerprint density at radius 1 is 1.18 bits per heavy atom. The highest BCUT2D eigenvalue weighted by molar-refractivity contribution is 4.86.